The van der Waals surface area contributed by atoms with Gasteiger partial charge in [0.2, 0.25) is 0 Å². The fraction of sp³-hybridized carbons (Fsp3) is 0.375. The number of benzene rings is 1. The maximum atomic E-state index is 13.5. The summed E-state index contributed by atoms with van der Waals surface area (Å²) in [6.07, 6.45) is 6.29. The third-order valence-corrected chi connectivity index (χ3v) is 6.68. The van der Waals surface area contributed by atoms with Gasteiger partial charge in [-0.1, -0.05) is 53.2 Å². The van der Waals surface area contributed by atoms with Crippen LogP contribution >= 0.6 is 0 Å². The van der Waals surface area contributed by atoms with Gasteiger partial charge < -0.3 is 28.3 Å². The van der Waals surface area contributed by atoms with Crippen molar-refractivity contribution in [1.82, 2.24) is 14.9 Å². The van der Waals surface area contributed by atoms with Gasteiger partial charge in [-0.2, -0.15) is 0 Å². The van der Waals surface area contributed by atoms with Gasteiger partial charge in [-0.3, -0.25) is 4.79 Å². The van der Waals surface area contributed by atoms with E-state index in [1.807, 2.05) is 29.7 Å². The van der Waals surface area contributed by atoms with Crippen LogP contribution in [0.25, 0.3) is 22.3 Å². The first-order valence-electron chi connectivity index (χ1n) is 13.6. The summed E-state index contributed by atoms with van der Waals surface area (Å²) < 4.78 is 1.89. The predicted molar refractivity (Wildman–Crippen MR) is 161 cm³/mol. The molecule has 0 saturated carbocycles. The van der Waals surface area contributed by atoms with E-state index in [0.29, 0.717) is 18.7 Å². The van der Waals surface area contributed by atoms with Gasteiger partial charge in [-0.25, -0.2) is 4.98 Å². The molecule has 0 fully saturated rings. The van der Waals surface area contributed by atoms with Gasteiger partial charge in [-0.05, 0) is 61.6 Å². The number of fused-ring (bicyclic) bond motifs is 4. The molecule has 39 heavy (non-hydrogen) atoms. The number of allylic oxidation sites excluding steroid dienone is 1. The Morgan fingerprint density at radius 1 is 1.23 bits per heavy atom. The molecule has 0 radical (unpaired) electrons. The van der Waals surface area contributed by atoms with Crippen molar-refractivity contribution in [3.8, 4) is 11.4 Å². The quantitative estimate of drug-likeness (QED) is 0.189. The second-order valence-electron chi connectivity index (χ2n) is 9.82. The Morgan fingerprint density at radius 2 is 1.92 bits per heavy atom. The number of amides is 1. The van der Waals surface area contributed by atoms with Crippen LogP contribution in [0.4, 0.5) is 5.69 Å². The number of aryl methyl sites for hydroxylation is 1. The van der Waals surface area contributed by atoms with Crippen molar-refractivity contribution < 1.29 is 57.6 Å². The van der Waals surface area contributed by atoms with Crippen LogP contribution in [0.5, 0.6) is 0 Å². The van der Waals surface area contributed by atoms with E-state index in [-0.39, 0.29) is 70.3 Å². The number of hydrogen-bond donors (Lipinski definition) is 2. The van der Waals surface area contributed by atoms with Gasteiger partial charge in [-0.15, -0.1) is 6.58 Å². The molecule has 7 heteroatoms. The summed E-state index contributed by atoms with van der Waals surface area (Å²) in [6.45, 7) is 22.2. The zero-order valence-corrected chi connectivity index (χ0v) is 27.7. The van der Waals surface area contributed by atoms with Crippen LogP contribution in [0.1, 0.15) is 71.1 Å². The minimum atomic E-state index is -0.347. The van der Waals surface area contributed by atoms with E-state index < -0.39 is 0 Å². The second-order valence-corrected chi connectivity index (χ2v) is 9.82. The molecular weight excluding hydrogens is 511 g/mol. The molecule has 1 aliphatic heterocycles. The average Bonchev–Trinajstić information content (AvgIpc) is 3.23. The van der Waals surface area contributed by atoms with E-state index in [2.05, 4.69) is 70.5 Å². The Hall–Kier alpha value is -2.16. The molecule has 1 aliphatic rings. The summed E-state index contributed by atoms with van der Waals surface area (Å²) in [6, 6.07) is 7.90. The Kier molecular flexibility index (Phi) is 12.7. The third-order valence-electron chi connectivity index (χ3n) is 6.68. The first kappa shape index (κ1) is 33.0. The van der Waals surface area contributed by atoms with Gasteiger partial charge >= 0.3 is 51.4 Å². The minimum Gasteiger partial charge on any atom is -1.00 e. The Balaban J connectivity index is 0.00000153. The molecule has 6 nitrogen and oxygen atoms in total. The summed E-state index contributed by atoms with van der Waals surface area (Å²) >= 11 is 0. The minimum absolute atomic E-state index is 0. The van der Waals surface area contributed by atoms with Gasteiger partial charge in [0.15, 0.2) is 0 Å². The average molecular weight is 554 g/mol. The normalized spacial score (nSPS) is 11.8. The molecule has 204 valence electrons. The van der Waals surface area contributed by atoms with Crippen LogP contribution < -0.4 is 67.6 Å². The van der Waals surface area contributed by atoms with Crippen LogP contribution in [0, 0.1) is 6.92 Å². The molecule has 4 rings (SSSR count). The molecule has 3 heterocycles. The molecule has 0 spiro atoms. The van der Waals surface area contributed by atoms with Crippen molar-refractivity contribution in [3.63, 3.8) is 0 Å². The molecule has 3 aromatic rings. The molecule has 1 aromatic carbocycles. The zero-order chi connectivity index (χ0) is 28.0. The molecule has 0 saturated heterocycles. The van der Waals surface area contributed by atoms with Gasteiger partial charge in [0.05, 0.1) is 35.4 Å². The summed E-state index contributed by atoms with van der Waals surface area (Å²) in [7, 11) is 0. The summed E-state index contributed by atoms with van der Waals surface area (Å²) in [5.41, 5.74) is 8.56. The van der Waals surface area contributed by atoms with Crippen LogP contribution in [0.3, 0.4) is 0 Å². The Labute approximate surface area is 277 Å². The van der Waals surface area contributed by atoms with Gasteiger partial charge in [0.1, 0.15) is 0 Å². The number of anilines is 1. The number of carbonyl (C=O) groups is 1. The topological polar surface area (TPSA) is 76.0 Å². The number of hydrogen-bond acceptors (Lipinski definition) is 4. The van der Waals surface area contributed by atoms with E-state index in [1.54, 1.807) is 0 Å². The van der Waals surface area contributed by atoms with Crippen molar-refractivity contribution in [2.45, 2.75) is 79.3 Å². The number of pyridine rings is 2. The van der Waals surface area contributed by atoms with Crippen molar-refractivity contribution in [2.24, 2.45) is 0 Å². The molecule has 0 aliphatic carbocycles. The van der Waals surface area contributed by atoms with E-state index in [1.165, 1.54) is 12.0 Å². The van der Waals surface area contributed by atoms with Gasteiger partial charge in [0, 0.05) is 27.9 Å². The number of aromatic nitrogens is 2. The third kappa shape index (κ3) is 7.33. The van der Waals surface area contributed by atoms with Crippen LogP contribution in [0.15, 0.2) is 54.0 Å². The van der Waals surface area contributed by atoms with Crippen molar-refractivity contribution in [3.05, 3.63) is 88.7 Å². The fourth-order valence-electron chi connectivity index (χ4n) is 4.96. The van der Waals surface area contributed by atoms with Crippen molar-refractivity contribution in [1.29, 1.82) is 0 Å². The summed E-state index contributed by atoms with van der Waals surface area (Å²) in [4.78, 5) is 29.8. The molecule has 2 N–H and O–H groups in total. The first-order valence-corrected chi connectivity index (χ1v) is 13.6. The monoisotopic (exact) mass is 553 g/mol. The Morgan fingerprint density at radius 3 is 2.51 bits per heavy atom. The number of carbonyl (C=O) groups excluding carboxylic acids is 1. The van der Waals surface area contributed by atoms with Crippen LogP contribution in [0.2, 0.25) is 0 Å². The van der Waals surface area contributed by atoms with E-state index >= 15 is 0 Å². The largest absolute Gasteiger partial charge is 1.00 e. The SMILES string of the molecule is C=CCc1cc2n(c(=O)c1CCC)Cc1c-2nc2ccc(NC(=C)C(C)NC([CH2-])=O)cc2c1CC.CCC.[H-].[K+]. The summed E-state index contributed by atoms with van der Waals surface area (Å²) in [5.74, 6) is -0.347. The fourth-order valence-corrected chi connectivity index (χ4v) is 4.96. The molecule has 2 aromatic heterocycles. The summed E-state index contributed by atoms with van der Waals surface area (Å²) in [5, 5.41) is 7.09. The smallest absolute Gasteiger partial charge is 1.00 e. The number of rotatable bonds is 9. The molecule has 1 atom stereocenters. The van der Waals surface area contributed by atoms with E-state index in [0.717, 1.165) is 63.9 Å². The predicted octanol–water partition coefficient (Wildman–Crippen LogP) is 3.47. The Bertz CT molecular complexity index is 1430. The second kappa shape index (κ2) is 15.0. The standard InChI is InChI=1S/C29H33N4O2.C3H8.K.H/c1-7-10-20-14-27-28-25(16-33(27)29(35)23(20)11-8-2)22(9-3)24-15-21(12-13-26(24)32-28)31-18(5)17(4)30-19(6)34;1-3-2;;/h7,12-15,17,31H,1,5-6,8-11,16H2,2-4H3,(H,30,34);3H2,1-2H3;;/q-1;;+1;-1. The number of nitrogens with zero attached hydrogens (tertiary/aromatic N) is 2. The van der Waals surface area contributed by atoms with E-state index in [4.69, 9.17) is 4.98 Å². The molecule has 1 unspecified atom stereocenters. The first-order chi connectivity index (χ1) is 18.2. The van der Waals surface area contributed by atoms with Crippen LogP contribution in [-0.4, -0.2) is 21.5 Å². The zero-order valence-electron chi connectivity index (χ0n) is 25.5. The van der Waals surface area contributed by atoms with Crippen molar-refractivity contribution >= 4 is 22.5 Å². The number of nitrogens with one attached hydrogen (secondary N) is 2. The maximum absolute atomic E-state index is 13.5. The van der Waals surface area contributed by atoms with Crippen LogP contribution in [-0.2, 0) is 30.6 Å². The molecule has 0 bridgehead atoms. The maximum Gasteiger partial charge on any atom is 1.00 e. The molecule has 1 amide bonds. The van der Waals surface area contributed by atoms with Crippen molar-refractivity contribution in [2.75, 3.05) is 5.32 Å². The van der Waals surface area contributed by atoms with E-state index in [9.17, 15) is 9.59 Å². The molecular formula is C32H42KN4O2-. The van der Waals surface area contributed by atoms with Gasteiger partial charge in [0.25, 0.3) is 5.56 Å².